The number of β-lactam (4-membered cyclic amide) rings is 1. The van der Waals surface area contributed by atoms with Crippen LogP contribution in [0.1, 0.15) is 31.4 Å². The molecule has 0 spiro atoms. The highest BCUT2D eigenvalue weighted by molar-refractivity contribution is 8.01. The van der Waals surface area contributed by atoms with Crippen LogP contribution in [-0.2, 0) is 19.9 Å². The Morgan fingerprint density at radius 3 is 2.58 bits per heavy atom. The van der Waals surface area contributed by atoms with Crippen LogP contribution in [0.2, 0.25) is 0 Å². The lowest BCUT2D eigenvalue weighted by molar-refractivity contribution is -0.169. The van der Waals surface area contributed by atoms with Gasteiger partial charge in [-0.3, -0.25) is 9.59 Å². The fraction of sp³-hybridized carbons (Fsp3) is 0.412. The lowest BCUT2D eigenvalue weighted by atomic mass is 9.73. The quantitative estimate of drug-likeness (QED) is 0.389. The summed E-state index contributed by atoms with van der Waals surface area (Å²) in [6, 6.07) is 6.57. The number of nitrogens with one attached hydrogen (secondary N) is 1. The van der Waals surface area contributed by atoms with E-state index in [0.29, 0.717) is 17.5 Å². The molecule has 3 rings (SSSR count). The van der Waals surface area contributed by atoms with E-state index in [1.54, 1.807) is 38.1 Å². The minimum atomic E-state index is -1.63. The smallest absolute Gasteiger partial charge is 0.335 e. The van der Waals surface area contributed by atoms with E-state index in [0.717, 1.165) is 0 Å². The van der Waals surface area contributed by atoms with E-state index < -0.39 is 22.2 Å². The van der Waals surface area contributed by atoms with Crippen LogP contribution in [0.4, 0.5) is 0 Å². The first-order valence-electron chi connectivity index (χ1n) is 8.06. The number of hydrazone groups is 1. The predicted octanol–water partition coefficient (Wildman–Crippen LogP) is 0.459. The number of carbonyl (C=O) groups excluding carboxylic acids is 2. The first-order chi connectivity index (χ1) is 12.2. The Hall–Kier alpha value is -2.55. The second kappa shape index (κ2) is 6.01. The van der Waals surface area contributed by atoms with Crippen LogP contribution >= 0.6 is 11.8 Å². The van der Waals surface area contributed by atoms with Gasteiger partial charge in [-0.25, -0.2) is 4.79 Å². The molecule has 2 amide bonds. The Labute approximate surface area is 154 Å². The summed E-state index contributed by atoms with van der Waals surface area (Å²) in [6.07, 6.45) is 0.304. The van der Waals surface area contributed by atoms with Crippen LogP contribution in [0.3, 0.4) is 0 Å². The molecule has 2 atom stereocenters. The summed E-state index contributed by atoms with van der Waals surface area (Å²) in [5.41, 5.74) is 6.91. The van der Waals surface area contributed by atoms with Gasteiger partial charge >= 0.3 is 5.97 Å². The molecule has 2 aliphatic rings. The van der Waals surface area contributed by atoms with Crippen LogP contribution < -0.4 is 11.2 Å². The number of thioether (sulfide) groups is 1. The zero-order chi connectivity index (χ0) is 19.3. The Morgan fingerprint density at radius 2 is 2.04 bits per heavy atom. The monoisotopic (exact) mass is 376 g/mol. The minimum absolute atomic E-state index is 0.0825. The topological polar surface area (TPSA) is 125 Å². The lowest BCUT2D eigenvalue weighted by Gasteiger charge is -2.47. The molecule has 26 heavy (non-hydrogen) atoms. The molecule has 138 valence electrons. The van der Waals surface area contributed by atoms with Crippen molar-refractivity contribution in [1.82, 2.24) is 10.3 Å². The highest BCUT2D eigenvalue weighted by atomic mass is 32.2. The van der Waals surface area contributed by atoms with E-state index in [9.17, 15) is 19.5 Å². The van der Waals surface area contributed by atoms with Gasteiger partial charge < -0.3 is 21.2 Å². The summed E-state index contributed by atoms with van der Waals surface area (Å²) >= 11 is 1.45. The molecule has 0 unspecified atom stereocenters. The second-order valence-corrected chi connectivity index (χ2v) is 8.46. The number of nitrogens with zero attached hydrogens (tertiary/aromatic N) is 2. The third-order valence-corrected chi connectivity index (χ3v) is 6.44. The number of carbonyl (C=O) groups is 3. The van der Waals surface area contributed by atoms with E-state index in [4.69, 9.17) is 5.73 Å². The fourth-order valence-corrected chi connectivity index (χ4v) is 5.65. The number of amides is 2. The van der Waals surface area contributed by atoms with Crippen molar-refractivity contribution in [3.8, 4) is 0 Å². The van der Waals surface area contributed by atoms with Crippen molar-refractivity contribution in [2.45, 2.75) is 35.9 Å². The number of hydrogen-bond acceptors (Lipinski definition) is 6. The molecule has 1 aromatic rings. The van der Waals surface area contributed by atoms with E-state index in [2.05, 4.69) is 10.5 Å². The van der Waals surface area contributed by atoms with Gasteiger partial charge in [-0.15, -0.1) is 11.8 Å². The highest BCUT2D eigenvalue weighted by Crippen LogP contribution is 2.61. The number of primary amides is 1. The molecule has 0 radical (unpaired) electrons. The van der Waals surface area contributed by atoms with Crippen molar-refractivity contribution in [1.29, 1.82) is 0 Å². The molecular weight excluding hydrogens is 356 g/mol. The average Bonchev–Trinajstić information content (AvgIpc) is 2.75. The summed E-state index contributed by atoms with van der Waals surface area (Å²) in [5.74, 6) is -2.16. The maximum Gasteiger partial charge on any atom is 0.335 e. The zero-order valence-electron chi connectivity index (χ0n) is 14.6. The summed E-state index contributed by atoms with van der Waals surface area (Å²) in [6.45, 7) is 3.60. The van der Waals surface area contributed by atoms with Crippen molar-refractivity contribution in [3.63, 3.8) is 0 Å². The maximum absolute atomic E-state index is 12.6. The zero-order valence-corrected chi connectivity index (χ0v) is 15.5. The third-order valence-electron chi connectivity index (χ3n) is 4.91. The van der Waals surface area contributed by atoms with E-state index in [1.165, 1.54) is 23.7 Å². The van der Waals surface area contributed by atoms with Gasteiger partial charge in [0.25, 0.3) is 5.91 Å². The number of nitrogens with two attached hydrogens (primary N) is 1. The van der Waals surface area contributed by atoms with E-state index in [-0.39, 0.29) is 17.0 Å². The molecule has 4 N–H and O–H groups in total. The summed E-state index contributed by atoms with van der Waals surface area (Å²) in [7, 11) is 1.52. The predicted molar refractivity (Wildman–Crippen MR) is 97.5 cm³/mol. The van der Waals surface area contributed by atoms with Crippen LogP contribution in [0, 0.1) is 0 Å². The molecule has 8 nitrogen and oxygen atoms in total. The molecule has 2 aliphatic heterocycles. The maximum atomic E-state index is 12.6. The minimum Gasteiger partial charge on any atom is -0.479 e. The van der Waals surface area contributed by atoms with Crippen LogP contribution in [-0.4, -0.2) is 50.7 Å². The summed E-state index contributed by atoms with van der Waals surface area (Å²) in [4.78, 5) is 38.3. The Bertz CT molecular complexity index is 838. The van der Waals surface area contributed by atoms with Gasteiger partial charge in [0.05, 0.1) is 16.5 Å². The highest BCUT2D eigenvalue weighted by Gasteiger charge is 2.70. The van der Waals surface area contributed by atoms with E-state index in [1.807, 2.05) is 0 Å². The van der Waals surface area contributed by atoms with Gasteiger partial charge in [0.2, 0.25) is 5.91 Å². The SMILES string of the molecule is CNN=C(C(N)=O)c1ccccc1[C@]1(C(=O)O)N2C(=O)C[C@H]2SC1(C)C. The molecular formula is C17H20N4O4S. The standard InChI is InChI=1S/C17H20N4O4S/c1-16(2)17(15(24)25,21-11(22)8-12(21)26-16)10-7-5-4-6-9(10)13(14(18)23)20-19-3/h4-7,12,19H,8H2,1-3H3,(H2,18,23)(H,24,25)/t12-,17-/m1/s1. The summed E-state index contributed by atoms with van der Waals surface area (Å²) < 4.78 is -0.825. The number of carboxylic acids is 1. The number of benzene rings is 1. The van der Waals surface area contributed by atoms with E-state index >= 15 is 0 Å². The van der Waals surface area contributed by atoms with Crippen molar-refractivity contribution in [2.24, 2.45) is 10.8 Å². The molecule has 0 aromatic heterocycles. The molecule has 0 bridgehead atoms. The van der Waals surface area contributed by atoms with Crippen LogP contribution in [0.25, 0.3) is 0 Å². The molecule has 9 heteroatoms. The summed E-state index contributed by atoms with van der Waals surface area (Å²) in [5, 5.41) is 14.0. The van der Waals surface area contributed by atoms with Crippen molar-refractivity contribution in [2.75, 3.05) is 7.05 Å². The van der Waals surface area contributed by atoms with Crippen molar-refractivity contribution >= 4 is 35.3 Å². The fourth-order valence-electron chi connectivity index (χ4n) is 3.89. The van der Waals surface area contributed by atoms with Crippen molar-refractivity contribution in [3.05, 3.63) is 35.4 Å². The first kappa shape index (κ1) is 18.2. The largest absolute Gasteiger partial charge is 0.479 e. The van der Waals surface area contributed by atoms with Crippen molar-refractivity contribution < 1.29 is 19.5 Å². The van der Waals surface area contributed by atoms with Gasteiger partial charge in [-0.05, 0) is 13.8 Å². The lowest BCUT2D eigenvalue weighted by Crippen LogP contribution is -2.65. The third kappa shape index (κ3) is 2.23. The van der Waals surface area contributed by atoms with Crippen LogP contribution in [0.5, 0.6) is 0 Å². The second-order valence-electron chi connectivity index (χ2n) is 6.66. The number of hydrogen-bond donors (Lipinski definition) is 3. The molecule has 0 saturated carbocycles. The molecule has 2 fully saturated rings. The molecule has 2 saturated heterocycles. The molecule has 1 aromatic carbocycles. The van der Waals surface area contributed by atoms with Gasteiger partial charge in [0.1, 0.15) is 0 Å². The Morgan fingerprint density at radius 1 is 1.38 bits per heavy atom. The number of fused-ring (bicyclic) bond motifs is 1. The Kier molecular flexibility index (Phi) is 4.22. The van der Waals surface area contributed by atoms with Gasteiger partial charge in [-0.2, -0.15) is 5.10 Å². The van der Waals surface area contributed by atoms with Gasteiger partial charge in [0, 0.05) is 18.2 Å². The molecule has 2 heterocycles. The number of carboxylic acid groups (broad SMARTS) is 1. The van der Waals surface area contributed by atoms with Gasteiger partial charge in [0.15, 0.2) is 11.3 Å². The Balaban J connectivity index is 2.33. The first-order valence-corrected chi connectivity index (χ1v) is 8.94. The number of aliphatic carboxylic acids is 1. The average molecular weight is 376 g/mol. The normalized spacial score (nSPS) is 26.9. The number of rotatable bonds is 5. The van der Waals surface area contributed by atoms with Crippen LogP contribution in [0.15, 0.2) is 29.4 Å². The van der Waals surface area contributed by atoms with Gasteiger partial charge in [-0.1, -0.05) is 24.3 Å². The molecule has 0 aliphatic carbocycles.